The standard InChI is InChI=1S/C16H14N6S/c1-10-11(2)22(12-5-3-4-6-17-12)15-13(10)14(19-9-20-15)21-16-18-7-8-23-16/h3-9H,1-2H3,(H,18,19,20,21). The first-order chi connectivity index (χ1) is 11.3. The Morgan fingerprint density at radius 1 is 1.04 bits per heavy atom. The predicted molar refractivity (Wildman–Crippen MR) is 91.5 cm³/mol. The third kappa shape index (κ3) is 2.25. The average Bonchev–Trinajstić information content (AvgIpc) is 3.17. The Hall–Kier alpha value is -2.80. The molecule has 4 heterocycles. The smallest absolute Gasteiger partial charge is 0.188 e. The van der Waals surface area contributed by atoms with Gasteiger partial charge in [0, 0.05) is 23.5 Å². The maximum atomic E-state index is 4.48. The molecule has 0 aromatic carbocycles. The second-order valence-electron chi connectivity index (χ2n) is 5.12. The summed E-state index contributed by atoms with van der Waals surface area (Å²) in [6, 6.07) is 5.85. The lowest BCUT2D eigenvalue weighted by atomic mass is 10.2. The van der Waals surface area contributed by atoms with Crippen molar-refractivity contribution < 1.29 is 0 Å². The van der Waals surface area contributed by atoms with Gasteiger partial charge < -0.3 is 5.32 Å². The Morgan fingerprint density at radius 2 is 1.96 bits per heavy atom. The fraction of sp³-hybridized carbons (Fsp3) is 0.125. The number of pyridine rings is 1. The molecule has 4 rings (SSSR count). The van der Waals surface area contributed by atoms with Gasteiger partial charge >= 0.3 is 0 Å². The van der Waals surface area contributed by atoms with Crippen molar-refractivity contribution in [1.29, 1.82) is 0 Å². The molecule has 6 nitrogen and oxygen atoms in total. The highest BCUT2D eigenvalue weighted by molar-refractivity contribution is 7.13. The van der Waals surface area contributed by atoms with Crippen molar-refractivity contribution in [2.45, 2.75) is 13.8 Å². The van der Waals surface area contributed by atoms with E-state index in [0.29, 0.717) is 0 Å². The molecule has 0 saturated heterocycles. The largest absolute Gasteiger partial charge is 0.316 e. The van der Waals surface area contributed by atoms with Crippen LogP contribution in [0.2, 0.25) is 0 Å². The highest BCUT2D eigenvalue weighted by Gasteiger charge is 2.18. The zero-order valence-electron chi connectivity index (χ0n) is 12.7. The van der Waals surface area contributed by atoms with E-state index in [9.17, 15) is 0 Å². The number of anilines is 2. The molecule has 4 aromatic rings. The molecule has 0 aliphatic carbocycles. The van der Waals surface area contributed by atoms with E-state index in [1.807, 2.05) is 23.6 Å². The summed E-state index contributed by atoms with van der Waals surface area (Å²) >= 11 is 1.54. The highest BCUT2D eigenvalue weighted by atomic mass is 32.1. The summed E-state index contributed by atoms with van der Waals surface area (Å²) in [5, 5.41) is 7.01. The second kappa shape index (κ2) is 5.44. The average molecular weight is 322 g/mol. The molecule has 0 fully saturated rings. The third-order valence-corrected chi connectivity index (χ3v) is 4.52. The SMILES string of the molecule is Cc1c(C)n(-c2ccccn2)c2ncnc(Nc3nccs3)c12. The molecule has 0 saturated carbocycles. The number of rotatable bonds is 3. The minimum atomic E-state index is 0.764. The molecule has 0 unspecified atom stereocenters. The quantitative estimate of drug-likeness (QED) is 0.624. The number of aryl methyl sites for hydroxylation is 1. The van der Waals surface area contributed by atoms with Crippen molar-refractivity contribution in [3.8, 4) is 5.82 Å². The summed E-state index contributed by atoms with van der Waals surface area (Å²) in [6.45, 7) is 4.15. The summed E-state index contributed by atoms with van der Waals surface area (Å²) in [5.74, 6) is 1.61. The van der Waals surface area contributed by atoms with Crippen molar-refractivity contribution in [3.05, 3.63) is 53.6 Å². The zero-order valence-corrected chi connectivity index (χ0v) is 13.5. The summed E-state index contributed by atoms with van der Waals surface area (Å²) < 4.78 is 2.05. The van der Waals surface area contributed by atoms with Crippen molar-refractivity contribution in [1.82, 2.24) is 24.5 Å². The number of aromatic nitrogens is 5. The zero-order chi connectivity index (χ0) is 15.8. The van der Waals surface area contributed by atoms with E-state index in [2.05, 4.69) is 43.7 Å². The minimum absolute atomic E-state index is 0.764. The molecular formula is C16H14N6S. The maximum Gasteiger partial charge on any atom is 0.188 e. The first-order valence-corrected chi connectivity index (χ1v) is 8.04. The fourth-order valence-electron chi connectivity index (χ4n) is 2.65. The van der Waals surface area contributed by atoms with Crippen LogP contribution in [0.5, 0.6) is 0 Å². The van der Waals surface area contributed by atoms with Gasteiger partial charge in [-0.05, 0) is 31.5 Å². The Bertz CT molecular complexity index is 959. The normalized spacial score (nSPS) is 11.0. The van der Waals surface area contributed by atoms with Crippen LogP contribution in [0.25, 0.3) is 16.9 Å². The van der Waals surface area contributed by atoms with Crippen LogP contribution < -0.4 is 5.32 Å². The number of thiazole rings is 1. The van der Waals surface area contributed by atoms with Gasteiger partial charge in [0.1, 0.15) is 18.0 Å². The van der Waals surface area contributed by atoms with Crippen LogP contribution in [0, 0.1) is 13.8 Å². The number of hydrogen-bond donors (Lipinski definition) is 1. The lowest BCUT2D eigenvalue weighted by Crippen LogP contribution is -2.01. The van der Waals surface area contributed by atoms with Crippen molar-refractivity contribution >= 4 is 33.3 Å². The van der Waals surface area contributed by atoms with Crippen LogP contribution in [0.1, 0.15) is 11.3 Å². The predicted octanol–water partition coefficient (Wildman–Crippen LogP) is 3.63. The third-order valence-electron chi connectivity index (χ3n) is 3.83. The Kier molecular flexibility index (Phi) is 3.27. The first-order valence-electron chi connectivity index (χ1n) is 7.16. The molecule has 1 N–H and O–H groups in total. The first kappa shape index (κ1) is 13.8. The van der Waals surface area contributed by atoms with E-state index in [1.165, 1.54) is 11.3 Å². The summed E-state index contributed by atoms with van der Waals surface area (Å²) in [4.78, 5) is 17.6. The monoisotopic (exact) mass is 322 g/mol. The van der Waals surface area contributed by atoms with Gasteiger partial charge in [0.25, 0.3) is 0 Å². The number of nitrogens with zero attached hydrogens (tertiary/aromatic N) is 5. The lowest BCUT2D eigenvalue weighted by Gasteiger charge is -2.06. The van der Waals surface area contributed by atoms with Crippen LogP contribution >= 0.6 is 11.3 Å². The molecule has 0 aliphatic rings. The molecule has 0 radical (unpaired) electrons. The molecule has 23 heavy (non-hydrogen) atoms. The number of hydrogen-bond acceptors (Lipinski definition) is 6. The van der Waals surface area contributed by atoms with Gasteiger partial charge in [-0.25, -0.2) is 19.9 Å². The molecule has 0 amide bonds. The van der Waals surface area contributed by atoms with Crippen LogP contribution in [-0.2, 0) is 0 Å². The van der Waals surface area contributed by atoms with Gasteiger partial charge in [-0.3, -0.25) is 4.57 Å². The van der Waals surface area contributed by atoms with Crippen LogP contribution in [0.15, 0.2) is 42.3 Å². The van der Waals surface area contributed by atoms with E-state index in [4.69, 9.17) is 0 Å². The van der Waals surface area contributed by atoms with E-state index < -0.39 is 0 Å². The van der Waals surface area contributed by atoms with Crippen molar-refractivity contribution in [3.63, 3.8) is 0 Å². The van der Waals surface area contributed by atoms with Gasteiger partial charge in [-0.15, -0.1) is 11.3 Å². The number of nitrogens with one attached hydrogen (secondary N) is 1. The summed E-state index contributed by atoms with van der Waals surface area (Å²) in [5.41, 5.74) is 3.07. The molecule has 0 aliphatic heterocycles. The molecule has 114 valence electrons. The van der Waals surface area contributed by atoms with Gasteiger partial charge in [0.2, 0.25) is 0 Å². The summed E-state index contributed by atoms with van der Waals surface area (Å²) in [6.07, 6.45) is 5.12. The van der Waals surface area contributed by atoms with Gasteiger partial charge in [0.15, 0.2) is 10.8 Å². The summed E-state index contributed by atoms with van der Waals surface area (Å²) in [7, 11) is 0. The number of fused-ring (bicyclic) bond motifs is 1. The Labute approximate surface area is 136 Å². The van der Waals surface area contributed by atoms with Crippen molar-refractivity contribution in [2.75, 3.05) is 5.32 Å². The van der Waals surface area contributed by atoms with Crippen LogP contribution in [0.4, 0.5) is 10.9 Å². The van der Waals surface area contributed by atoms with Crippen LogP contribution in [0.3, 0.4) is 0 Å². The van der Waals surface area contributed by atoms with Gasteiger partial charge in [0.05, 0.1) is 5.39 Å². The van der Waals surface area contributed by atoms with E-state index >= 15 is 0 Å². The highest BCUT2D eigenvalue weighted by Crippen LogP contribution is 2.32. The molecular weight excluding hydrogens is 308 g/mol. The van der Waals surface area contributed by atoms with Crippen LogP contribution in [-0.4, -0.2) is 24.5 Å². The molecule has 0 bridgehead atoms. The van der Waals surface area contributed by atoms with E-state index in [-0.39, 0.29) is 0 Å². The molecule has 4 aromatic heterocycles. The van der Waals surface area contributed by atoms with Crippen molar-refractivity contribution in [2.24, 2.45) is 0 Å². The maximum absolute atomic E-state index is 4.48. The fourth-order valence-corrected chi connectivity index (χ4v) is 3.17. The molecule has 7 heteroatoms. The second-order valence-corrected chi connectivity index (χ2v) is 6.01. The Morgan fingerprint density at radius 3 is 2.70 bits per heavy atom. The minimum Gasteiger partial charge on any atom is -0.316 e. The Balaban J connectivity index is 1.95. The lowest BCUT2D eigenvalue weighted by molar-refractivity contribution is 0.966. The van der Waals surface area contributed by atoms with E-state index in [1.54, 1.807) is 18.7 Å². The topological polar surface area (TPSA) is 68.5 Å². The van der Waals surface area contributed by atoms with Gasteiger partial charge in [-0.1, -0.05) is 6.07 Å². The molecule has 0 spiro atoms. The molecule has 0 atom stereocenters. The van der Waals surface area contributed by atoms with Gasteiger partial charge in [-0.2, -0.15) is 0 Å². The van der Waals surface area contributed by atoms with E-state index in [0.717, 1.165) is 39.1 Å².